The maximum absolute atomic E-state index is 11.6. The Kier molecular flexibility index (Phi) is 3.07. The SMILES string of the molecule is O=C(NC1CC1)OC1CCc2nnc(Cl)cc2C1. The van der Waals surface area contributed by atoms with E-state index in [1.807, 2.05) is 0 Å². The standard InChI is InChI=1S/C12H14ClN3O2/c13-11-6-7-5-9(3-4-10(7)15-16-11)18-12(17)14-8-1-2-8/h6,8-9H,1-5H2,(H,14,17). The Morgan fingerprint density at radius 2 is 2.22 bits per heavy atom. The number of carbonyl (C=O) groups is 1. The van der Waals surface area contributed by atoms with E-state index in [0.29, 0.717) is 17.6 Å². The van der Waals surface area contributed by atoms with Crippen molar-refractivity contribution in [1.82, 2.24) is 15.5 Å². The van der Waals surface area contributed by atoms with Crippen molar-refractivity contribution in [3.8, 4) is 0 Å². The number of nitrogens with zero attached hydrogens (tertiary/aromatic N) is 2. The molecular weight excluding hydrogens is 254 g/mol. The van der Waals surface area contributed by atoms with Crippen LogP contribution in [-0.2, 0) is 17.6 Å². The van der Waals surface area contributed by atoms with Gasteiger partial charge in [-0.05, 0) is 37.3 Å². The largest absolute Gasteiger partial charge is 0.446 e. The smallest absolute Gasteiger partial charge is 0.407 e. The number of nitrogens with one attached hydrogen (secondary N) is 1. The first-order chi connectivity index (χ1) is 8.70. The molecule has 0 aromatic carbocycles. The molecule has 1 aromatic heterocycles. The molecule has 0 spiro atoms. The third-order valence-electron chi connectivity index (χ3n) is 3.25. The predicted octanol–water partition coefficient (Wildman–Crippen LogP) is 1.88. The normalized spacial score (nSPS) is 22.2. The molecule has 2 aliphatic rings. The van der Waals surface area contributed by atoms with Crippen molar-refractivity contribution in [3.63, 3.8) is 0 Å². The molecule has 0 aliphatic heterocycles. The summed E-state index contributed by atoms with van der Waals surface area (Å²) in [6.07, 6.45) is 3.97. The molecule has 1 saturated carbocycles. The van der Waals surface area contributed by atoms with Gasteiger partial charge < -0.3 is 10.1 Å². The van der Waals surface area contributed by atoms with E-state index >= 15 is 0 Å². The van der Waals surface area contributed by atoms with Crippen LogP contribution in [0.4, 0.5) is 4.79 Å². The molecular formula is C12H14ClN3O2. The van der Waals surface area contributed by atoms with Gasteiger partial charge in [-0.3, -0.25) is 0 Å². The minimum Gasteiger partial charge on any atom is -0.446 e. The quantitative estimate of drug-likeness (QED) is 0.889. The Balaban J connectivity index is 1.61. The number of alkyl carbamates (subject to hydrolysis) is 1. The molecule has 0 radical (unpaired) electrons. The van der Waals surface area contributed by atoms with Crippen LogP contribution in [0.2, 0.25) is 5.15 Å². The number of aromatic nitrogens is 2. The molecule has 96 valence electrons. The van der Waals surface area contributed by atoms with Crippen LogP contribution < -0.4 is 5.32 Å². The van der Waals surface area contributed by atoms with E-state index in [2.05, 4.69) is 15.5 Å². The number of fused-ring (bicyclic) bond motifs is 1. The number of ether oxygens (including phenoxy) is 1. The van der Waals surface area contributed by atoms with Crippen molar-refractivity contribution >= 4 is 17.7 Å². The second kappa shape index (κ2) is 4.72. The van der Waals surface area contributed by atoms with Crippen LogP contribution in [0.5, 0.6) is 0 Å². The van der Waals surface area contributed by atoms with Gasteiger partial charge in [-0.25, -0.2) is 4.79 Å². The molecule has 1 fully saturated rings. The number of rotatable bonds is 2. The van der Waals surface area contributed by atoms with E-state index in [1.165, 1.54) is 0 Å². The van der Waals surface area contributed by atoms with Gasteiger partial charge in [0.1, 0.15) is 6.10 Å². The average molecular weight is 268 g/mol. The molecule has 0 bridgehead atoms. The molecule has 1 atom stereocenters. The van der Waals surface area contributed by atoms with Gasteiger partial charge in [-0.15, -0.1) is 5.10 Å². The van der Waals surface area contributed by atoms with Crippen LogP contribution in [-0.4, -0.2) is 28.4 Å². The third kappa shape index (κ3) is 2.72. The van der Waals surface area contributed by atoms with Crippen LogP contribution in [0.15, 0.2) is 6.07 Å². The average Bonchev–Trinajstić information content (AvgIpc) is 3.12. The highest BCUT2D eigenvalue weighted by atomic mass is 35.5. The zero-order chi connectivity index (χ0) is 12.5. The lowest BCUT2D eigenvalue weighted by Crippen LogP contribution is -2.33. The van der Waals surface area contributed by atoms with Gasteiger partial charge in [-0.2, -0.15) is 5.10 Å². The Morgan fingerprint density at radius 3 is 3.00 bits per heavy atom. The summed E-state index contributed by atoms with van der Waals surface area (Å²) in [7, 11) is 0. The number of hydrogen-bond acceptors (Lipinski definition) is 4. The van der Waals surface area contributed by atoms with Crippen molar-refractivity contribution in [2.24, 2.45) is 0 Å². The van der Waals surface area contributed by atoms with E-state index < -0.39 is 0 Å². The van der Waals surface area contributed by atoms with Crippen LogP contribution in [0.1, 0.15) is 30.5 Å². The number of halogens is 1. The minimum atomic E-state index is -0.306. The molecule has 6 heteroatoms. The highest BCUT2D eigenvalue weighted by Gasteiger charge is 2.27. The van der Waals surface area contributed by atoms with Crippen molar-refractivity contribution in [2.75, 3.05) is 0 Å². The predicted molar refractivity (Wildman–Crippen MR) is 65.5 cm³/mol. The first kappa shape index (κ1) is 11.7. The van der Waals surface area contributed by atoms with Gasteiger partial charge >= 0.3 is 6.09 Å². The van der Waals surface area contributed by atoms with Gasteiger partial charge in [0.2, 0.25) is 0 Å². The van der Waals surface area contributed by atoms with Crippen molar-refractivity contribution in [3.05, 3.63) is 22.5 Å². The van der Waals surface area contributed by atoms with Crippen molar-refractivity contribution in [2.45, 2.75) is 44.2 Å². The van der Waals surface area contributed by atoms with Crippen molar-refractivity contribution in [1.29, 1.82) is 0 Å². The highest BCUT2D eigenvalue weighted by molar-refractivity contribution is 6.29. The minimum absolute atomic E-state index is 0.0866. The molecule has 1 N–H and O–H groups in total. The number of hydrogen-bond donors (Lipinski definition) is 1. The lowest BCUT2D eigenvalue weighted by Gasteiger charge is -2.23. The summed E-state index contributed by atoms with van der Waals surface area (Å²) in [6, 6.07) is 2.13. The first-order valence-corrected chi connectivity index (χ1v) is 6.56. The second-order valence-electron chi connectivity index (χ2n) is 4.83. The van der Waals surface area contributed by atoms with Crippen LogP contribution in [0.3, 0.4) is 0 Å². The summed E-state index contributed by atoms with van der Waals surface area (Å²) in [6.45, 7) is 0. The molecule has 1 heterocycles. The Hall–Kier alpha value is -1.36. The summed E-state index contributed by atoms with van der Waals surface area (Å²) >= 11 is 5.81. The fourth-order valence-corrected chi connectivity index (χ4v) is 2.31. The maximum Gasteiger partial charge on any atom is 0.407 e. The zero-order valence-electron chi connectivity index (χ0n) is 9.86. The molecule has 2 aliphatic carbocycles. The topological polar surface area (TPSA) is 64.1 Å². The second-order valence-corrected chi connectivity index (χ2v) is 5.21. The third-order valence-corrected chi connectivity index (χ3v) is 3.44. The summed E-state index contributed by atoms with van der Waals surface area (Å²) in [5, 5.41) is 11.1. The monoisotopic (exact) mass is 267 g/mol. The van der Waals surface area contributed by atoms with Gasteiger partial charge in [0.15, 0.2) is 5.15 Å². The molecule has 18 heavy (non-hydrogen) atoms. The van der Waals surface area contributed by atoms with E-state index in [-0.39, 0.29) is 12.2 Å². The summed E-state index contributed by atoms with van der Waals surface area (Å²) < 4.78 is 5.40. The first-order valence-electron chi connectivity index (χ1n) is 6.19. The van der Waals surface area contributed by atoms with Gasteiger partial charge in [-0.1, -0.05) is 11.6 Å². The Labute approximate surface area is 110 Å². The molecule has 3 rings (SSSR count). The summed E-state index contributed by atoms with van der Waals surface area (Å²) in [4.78, 5) is 11.6. The molecule has 1 unspecified atom stereocenters. The highest BCUT2D eigenvalue weighted by Crippen LogP contribution is 2.24. The van der Waals surface area contributed by atoms with Crippen LogP contribution in [0.25, 0.3) is 0 Å². The summed E-state index contributed by atoms with van der Waals surface area (Å²) in [5.41, 5.74) is 1.99. The van der Waals surface area contributed by atoms with Crippen LogP contribution >= 0.6 is 11.6 Å². The number of aryl methyl sites for hydroxylation is 1. The van der Waals surface area contributed by atoms with E-state index in [1.54, 1.807) is 6.07 Å². The maximum atomic E-state index is 11.6. The van der Waals surface area contributed by atoms with Crippen LogP contribution in [0, 0.1) is 0 Å². The summed E-state index contributed by atoms with van der Waals surface area (Å²) in [5.74, 6) is 0. The van der Waals surface area contributed by atoms with Gasteiger partial charge in [0.05, 0.1) is 5.69 Å². The fourth-order valence-electron chi connectivity index (χ4n) is 2.14. The van der Waals surface area contributed by atoms with Crippen molar-refractivity contribution < 1.29 is 9.53 Å². The lowest BCUT2D eigenvalue weighted by atomic mass is 9.94. The number of amides is 1. The van der Waals surface area contributed by atoms with Gasteiger partial charge in [0.25, 0.3) is 0 Å². The van der Waals surface area contributed by atoms with E-state index in [0.717, 1.165) is 36.9 Å². The lowest BCUT2D eigenvalue weighted by molar-refractivity contribution is 0.0886. The molecule has 0 saturated heterocycles. The fraction of sp³-hybridized carbons (Fsp3) is 0.583. The Bertz CT molecular complexity index is 476. The Morgan fingerprint density at radius 1 is 1.39 bits per heavy atom. The molecule has 1 aromatic rings. The zero-order valence-corrected chi connectivity index (χ0v) is 10.6. The van der Waals surface area contributed by atoms with E-state index in [9.17, 15) is 4.79 Å². The van der Waals surface area contributed by atoms with E-state index in [4.69, 9.17) is 16.3 Å². The number of carbonyl (C=O) groups excluding carboxylic acids is 1. The molecule has 1 amide bonds. The van der Waals surface area contributed by atoms with Gasteiger partial charge in [0, 0.05) is 12.5 Å². The molecule has 5 nitrogen and oxygen atoms in total.